The van der Waals surface area contributed by atoms with Gasteiger partial charge in [-0.25, -0.2) is 9.18 Å². The maximum Gasteiger partial charge on any atom is 0.411 e. The lowest BCUT2D eigenvalue weighted by atomic mass is 9.81. The molecule has 3 heterocycles. The van der Waals surface area contributed by atoms with Crippen LogP contribution in [0.25, 0.3) is 0 Å². The molecule has 132 valence electrons. The van der Waals surface area contributed by atoms with Crippen LogP contribution in [0, 0.1) is 17.7 Å². The van der Waals surface area contributed by atoms with Crippen molar-refractivity contribution in [2.45, 2.75) is 25.0 Å². The zero-order valence-corrected chi connectivity index (χ0v) is 13.3. The molecule has 0 aliphatic carbocycles. The largest absolute Gasteiger partial charge is 0.447 e. The van der Waals surface area contributed by atoms with Crippen LogP contribution >= 0.6 is 0 Å². The number of nitrogens with zero attached hydrogens (tertiary/aromatic N) is 1. The van der Waals surface area contributed by atoms with Crippen LogP contribution in [0.4, 0.5) is 14.9 Å². The van der Waals surface area contributed by atoms with E-state index in [1.54, 1.807) is 0 Å². The van der Waals surface area contributed by atoms with E-state index in [0.717, 1.165) is 12.8 Å². The molecule has 0 saturated carbocycles. The van der Waals surface area contributed by atoms with Gasteiger partial charge in [-0.15, -0.1) is 0 Å². The van der Waals surface area contributed by atoms with Crippen LogP contribution in [0.1, 0.15) is 12.8 Å². The smallest absolute Gasteiger partial charge is 0.411 e. The zero-order valence-electron chi connectivity index (χ0n) is 13.3. The molecule has 3 aliphatic heterocycles. The number of fused-ring (bicyclic) bond motifs is 5. The molecule has 8 heteroatoms. The standard InChI is InChI=1S/C17H17FN2O5/c18-9-1-3-10(4-2-9)19-17(23)24-8-7-20-15(21)13-11-5-6-12(25-11)14(13)16(20)22/h1-4,11-14H,5-8H2,(H,19,23). The van der Waals surface area contributed by atoms with Crippen molar-refractivity contribution < 1.29 is 28.2 Å². The number of halogens is 1. The number of imide groups is 1. The molecule has 1 aromatic carbocycles. The summed E-state index contributed by atoms with van der Waals surface area (Å²) in [5.74, 6) is -1.62. The van der Waals surface area contributed by atoms with Crippen LogP contribution in [0.3, 0.4) is 0 Å². The highest BCUT2D eigenvalue weighted by Gasteiger charge is 2.62. The summed E-state index contributed by atoms with van der Waals surface area (Å²) in [4.78, 5) is 37.7. The molecule has 3 aliphatic rings. The van der Waals surface area contributed by atoms with E-state index in [1.807, 2.05) is 0 Å². The van der Waals surface area contributed by atoms with Gasteiger partial charge >= 0.3 is 6.09 Å². The van der Waals surface area contributed by atoms with Crippen LogP contribution in [0.15, 0.2) is 24.3 Å². The number of carbonyl (C=O) groups is 3. The summed E-state index contributed by atoms with van der Waals surface area (Å²) in [6.07, 6.45) is 0.595. The van der Waals surface area contributed by atoms with Crippen molar-refractivity contribution in [1.29, 1.82) is 0 Å². The van der Waals surface area contributed by atoms with E-state index < -0.39 is 11.9 Å². The second kappa shape index (κ2) is 6.11. The normalized spacial score (nSPS) is 29.9. The lowest BCUT2D eigenvalue weighted by Gasteiger charge is -2.17. The summed E-state index contributed by atoms with van der Waals surface area (Å²) in [6, 6.07) is 5.24. The molecule has 0 spiro atoms. The number of ether oxygens (including phenoxy) is 2. The van der Waals surface area contributed by atoms with Gasteiger partial charge in [0, 0.05) is 5.69 Å². The Labute approximate surface area is 143 Å². The summed E-state index contributed by atoms with van der Waals surface area (Å²) >= 11 is 0. The first-order valence-electron chi connectivity index (χ1n) is 8.24. The number of carbonyl (C=O) groups excluding carboxylic acids is 3. The first-order valence-corrected chi connectivity index (χ1v) is 8.24. The van der Waals surface area contributed by atoms with Crippen molar-refractivity contribution in [3.05, 3.63) is 30.1 Å². The van der Waals surface area contributed by atoms with E-state index >= 15 is 0 Å². The average molecular weight is 348 g/mol. The van der Waals surface area contributed by atoms with Gasteiger partial charge in [0.05, 0.1) is 30.6 Å². The lowest BCUT2D eigenvalue weighted by molar-refractivity contribution is -0.143. The van der Waals surface area contributed by atoms with Crippen molar-refractivity contribution >= 4 is 23.6 Å². The van der Waals surface area contributed by atoms with Crippen LogP contribution in [-0.4, -0.2) is 48.2 Å². The van der Waals surface area contributed by atoms with Gasteiger partial charge in [-0.2, -0.15) is 0 Å². The number of benzene rings is 1. The van der Waals surface area contributed by atoms with Crippen molar-refractivity contribution in [3.8, 4) is 0 Å². The van der Waals surface area contributed by atoms with E-state index in [2.05, 4.69) is 5.32 Å². The van der Waals surface area contributed by atoms with Crippen LogP contribution < -0.4 is 5.32 Å². The molecule has 4 rings (SSSR count). The molecule has 0 aromatic heterocycles. The number of amides is 3. The molecule has 4 unspecified atom stereocenters. The molecule has 3 fully saturated rings. The van der Waals surface area contributed by atoms with Crippen molar-refractivity contribution in [2.75, 3.05) is 18.5 Å². The van der Waals surface area contributed by atoms with Gasteiger partial charge in [-0.3, -0.25) is 19.8 Å². The SMILES string of the molecule is O=C(Nc1ccc(F)cc1)OCCN1C(=O)C2C3CCC(O3)C2C1=O. The lowest BCUT2D eigenvalue weighted by Crippen LogP contribution is -2.37. The number of hydrogen-bond acceptors (Lipinski definition) is 5. The molecule has 1 aromatic rings. The Balaban J connectivity index is 1.29. The zero-order chi connectivity index (χ0) is 17.6. The second-order valence-corrected chi connectivity index (χ2v) is 6.44. The van der Waals surface area contributed by atoms with Crippen molar-refractivity contribution in [2.24, 2.45) is 11.8 Å². The number of likely N-dealkylation sites (tertiary alicyclic amines) is 1. The third kappa shape index (κ3) is 2.76. The maximum absolute atomic E-state index is 12.8. The number of anilines is 1. The quantitative estimate of drug-likeness (QED) is 0.835. The van der Waals surface area contributed by atoms with Crippen LogP contribution in [-0.2, 0) is 19.1 Å². The van der Waals surface area contributed by atoms with Gasteiger partial charge in [0.25, 0.3) is 0 Å². The number of nitrogens with one attached hydrogen (secondary N) is 1. The minimum Gasteiger partial charge on any atom is -0.447 e. The molecular weight excluding hydrogens is 331 g/mol. The van der Waals surface area contributed by atoms with Crippen LogP contribution in [0.5, 0.6) is 0 Å². The highest BCUT2D eigenvalue weighted by molar-refractivity contribution is 6.06. The monoisotopic (exact) mass is 348 g/mol. The molecule has 1 N–H and O–H groups in total. The van der Waals surface area contributed by atoms with E-state index in [-0.39, 0.29) is 49.0 Å². The Morgan fingerprint density at radius 3 is 2.36 bits per heavy atom. The summed E-state index contributed by atoms with van der Waals surface area (Å²) < 4.78 is 23.5. The minimum absolute atomic E-state index is 0.0287. The van der Waals surface area contributed by atoms with E-state index in [1.165, 1.54) is 29.2 Å². The molecule has 0 radical (unpaired) electrons. The number of rotatable bonds is 4. The average Bonchev–Trinajstić information content (AvgIpc) is 3.26. The minimum atomic E-state index is -0.727. The van der Waals surface area contributed by atoms with Gasteiger partial charge in [-0.1, -0.05) is 0 Å². The molecule has 4 atom stereocenters. The molecule has 3 amide bonds. The summed E-state index contributed by atoms with van der Waals surface area (Å²) in [5.41, 5.74) is 0.392. The number of hydrogen-bond donors (Lipinski definition) is 1. The molecule has 7 nitrogen and oxygen atoms in total. The molecule has 25 heavy (non-hydrogen) atoms. The third-order valence-corrected chi connectivity index (χ3v) is 5.01. The highest BCUT2D eigenvalue weighted by Crippen LogP contribution is 2.48. The third-order valence-electron chi connectivity index (χ3n) is 5.01. The van der Waals surface area contributed by atoms with E-state index in [0.29, 0.717) is 5.69 Å². The van der Waals surface area contributed by atoms with Gasteiger partial charge in [0.15, 0.2) is 0 Å². The summed E-state index contributed by atoms with van der Waals surface area (Å²) in [6.45, 7) is -0.0684. The van der Waals surface area contributed by atoms with Crippen molar-refractivity contribution in [1.82, 2.24) is 4.90 Å². The van der Waals surface area contributed by atoms with Gasteiger partial charge in [0.1, 0.15) is 12.4 Å². The fourth-order valence-electron chi connectivity index (χ4n) is 3.91. The Hall–Kier alpha value is -2.48. The Morgan fingerprint density at radius 2 is 1.76 bits per heavy atom. The first kappa shape index (κ1) is 16.0. The van der Waals surface area contributed by atoms with E-state index in [9.17, 15) is 18.8 Å². The van der Waals surface area contributed by atoms with E-state index in [4.69, 9.17) is 9.47 Å². The maximum atomic E-state index is 12.8. The first-order chi connectivity index (χ1) is 12.0. The fraction of sp³-hybridized carbons (Fsp3) is 0.471. The topological polar surface area (TPSA) is 84.9 Å². The fourth-order valence-corrected chi connectivity index (χ4v) is 3.91. The Morgan fingerprint density at radius 1 is 1.16 bits per heavy atom. The molecule has 3 saturated heterocycles. The highest BCUT2D eigenvalue weighted by atomic mass is 19.1. The van der Waals surface area contributed by atoms with Crippen molar-refractivity contribution in [3.63, 3.8) is 0 Å². The molecule has 2 bridgehead atoms. The summed E-state index contributed by atoms with van der Waals surface area (Å²) in [7, 11) is 0. The second-order valence-electron chi connectivity index (χ2n) is 6.44. The van der Waals surface area contributed by atoms with Gasteiger partial charge in [-0.05, 0) is 37.1 Å². The molecular formula is C17H17FN2O5. The Kier molecular flexibility index (Phi) is 3.91. The summed E-state index contributed by atoms with van der Waals surface area (Å²) in [5, 5.41) is 2.44. The predicted molar refractivity (Wildman–Crippen MR) is 83.0 cm³/mol. The predicted octanol–water partition coefficient (Wildman–Crippen LogP) is 1.54. The van der Waals surface area contributed by atoms with Gasteiger partial charge in [0.2, 0.25) is 11.8 Å². The van der Waals surface area contributed by atoms with Crippen LogP contribution in [0.2, 0.25) is 0 Å². The Bertz CT molecular complexity index is 694. The van der Waals surface area contributed by atoms with Gasteiger partial charge < -0.3 is 9.47 Å².